The molecule has 0 radical (unpaired) electrons. The van der Waals surface area contributed by atoms with Crippen LogP contribution in [0.15, 0.2) is 66.9 Å². The summed E-state index contributed by atoms with van der Waals surface area (Å²) in [6.07, 6.45) is 3.11. The lowest BCUT2D eigenvalue weighted by Crippen LogP contribution is -2.29. The Hall–Kier alpha value is -2.63. The Morgan fingerprint density at radius 3 is 2.74 bits per heavy atom. The van der Waals surface area contributed by atoms with Gasteiger partial charge >= 0.3 is 0 Å². The number of nitro benzene ring substituents is 1. The van der Waals surface area contributed by atoms with Crippen molar-refractivity contribution in [2.45, 2.75) is 25.6 Å². The van der Waals surface area contributed by atoms with Gasteiger partial charge in [-0.05, 0) is 41.8 Å². The summed E-state index contributed by atoms with van der Waals surface area (Å²) in [5, 5.41) is 12.0. The first-order chi connectivity index (χ1) is 13.1. The van der Waals surface area contributed by atoms with E-state index in [9.17, 15) is 10.1 Å². The van der Waals surface area contributed by atoms with Gasteiger partial charge < -0.3 is 4.57 Å². The van der Waals surface area contributed by atoms with Gasteiger partial charge in [-0.3, -0.25) is 15.0 Å². The first-order valence-corrected chi connectivity index (χ1v) is 9.37. The molecule has 5 nitrogen and oxygen atoms in total. The highest BCUT2D eigenvalue weighted by molar-refractivity contribution is 6.30. The third-order valence-corrected chi connectivity index (χ3v) is 5.26. The fourth-order valence-corrected chi connectivity index (χ4v) is 4.08. The minimum atomic E-state index is -0.333. The molecule has 0 aliphatic carbocycles. The maximum atomic E-state index is 11.3. The molecule has 138 valence electrons. The lowest BCUT2D eigenvalue weighted by Gasteiger charge is -2.30. The Kier molecular flexibility index (Phi) is 4.97. The Morgan fingerprint density at radius 2 is 1.93 bits per heavy atom. The summed E-state index contributed by atoms with van der Waals surface area (Å²) in [6.45, 7) is 2.58. The smallest absolute Gasteiger partial charge is 0.269 e. The fraction of sp³-hybridized carbons (Fsp3) is 0.238. The fourth-order valence-electron chi connectivity index (χ4n) is 3.87. The first-order valence-electron chi connectivity index (χ1n) is 9.00. The number of nitro groups is 1. The van der Waals surface area contributed by atoms with E-state index in [0.717, 1.165) is 47.9 Å². The van der Waals surface area contributed by atoms with Gasteiger partial charge in [0.1, 0.15) is 0 Å². The van der Waals surface area contributed by atoms with Gasteiger partial charge in [0.2, 0.25) is 0 Å². The molecule has 0 saturated carbocycles. The third-order valence-electron chi connectivity index (χ3n) is 5.03. The van der Waals surface area contributed by atoms with Gasteiger partial charge in [-0.15, -0.1) is 0 Å². The van der Waals surface area contributed by atoms with E-state index in [1.165, 1.54) is 0 Å². The van der Waals surface area contributed by atoms with Gasteiger partial charge in [-0.2, -0.15) is 0 Å². The number of fused-ring (bicyclic) bond motifs is 1. The number of aromatic nitrogens is 1. The highest BCUT2D eigenvalue weighted by Gasteiger charge is 2.28. The van der Waals surface area contributed by atoms with Gasteiger partial charge in [0.05, 0.1) is 11.0 Å². The average molecular weight is 382 g/mol. The number of nitrogens with zero attached hydrogens (tertiary/aromatic N) is 3. The van der Waals surface area contributed by atoms with Crippen molar-refractivity contribution in [3.63, 3.8) is 0 Å². The molecule has 0 N–H and O–H groups in total. The van der Waals surface area contributed by atoms with E-state index in [1.807, 2.05) is 30.3 Å². The number of halogens is 1. The van der Waals surface area contributed by atoms with Crippen molar-refractivity contribution in [2.75, 3.05) is 6.54 Å². The second-order valence-corrected chi connectivity index (χ2v) is 7.27. The van der Waals surface area contributed by atoms with Crippen LogP contribution in [0.2, 0.25) is 5.02 Å². The maximum absolute atomic E-state index is 11.3. The van der Waals surface area contributed by atoms with Crippen molar-refractivity contribution in [1.82, 2.24) is 9.47 Å². The van der Waals surface area contributed by atoms with Gasteiger partial charge in [-0.25, -0.2) is 0 Å². The number of benzene rings is 2. The maximum Gasteiger partial charge on any atom is 0.269 e. The van der Waals surface area contributed by atoms with Gasteiger partial charge in [0, 0.05) is 48.7 Å². The molecule has 0 amide bonds. The molecule has 1 atom stereocenters. The topological polar surface area (TPSA) is 51.3 Å². The molecule has 0 fully saturated rings. The summed E-state index contributed by atoms with van der Waals surface area (Å²) in [4.78, 5) is 13.3. The van der Waals surface area contributed by atoms with Crippen molar-refractivity contribution in [3.8, 4) is 0 Å². The van der Waals surface area contributed by atoms with Crippen LogP contribution in [0.25, 0.3) is 0 Å². The van der Waals surface area contributed by atoms with Crippen LogP contribution in [0.5, 0.6) is 0 Å². The summed E-state index contributed by atoms with van der Waals surface area (Å²) in [6, 6.07) is 19.0. The van der Waals surface area contributed by atoms with Gasteiger partial charge in [0.25, 0.3) is 5.69 Å². The number of hydrogen-bond donors (Lipinski definition) is 0. The zero-order valence-electron chi connectivity index (χ0n) is 14.8. The van der Waals surface area contributed by atoms with E-state index in [0.29, 0.717) is 0 Å². The molecule has 2 aromatic carbocycles. The highest BCUT2D eigenvalue weighted by Crippen LogP contribution is 2.34. The number of rotatable bonds is 4. The minimum absolute atomic E-state index is 0.0404. The molecule has 1 aliphatic heterocycles. The van der Waals surface area contributed by atoms with Crippen LogP contribution in [0.4, 0.5) is 5.69 Å². The molecular formula is C21H20ClN3O2. The second kappa shape index (κ2) is 7.55. The van der Waals surface area contributed by atoms with Crippen LogP contribution < -0.4 is 0 Å². The quantitative estimate of drug-likeness (QED) is 0.469. The van der Waals surface area contributed by atoms with Crippen molar-refractivity contribution in [2.24, 2.45) is 0 Å². The van der Waals surface area contributed by atoms with E-state index in [-0.39, 0.29) is 16.7 Å². The molecule has 1 aliphatic rings. The van der Waals surface area contributed by atoms with Crippen molar-refractivity contribution in [1.29, 1.82) is 0 Å². The molecule has 0 saturated heterocycles. The van der Waals surface area contributed by atoms with E-state index in [1.54, 1.807) is 18.2 Å². The summed E-state index contributed by atoms with van der Waals surface area (Å²) < 4.78 is 2.25. The summed E-state index contributed by atoms with van der Waals surface area (Å²) in [5.74, 6) is 0. The Bertz CT molecular complexity index is 969. The standard InChI is InChI=1S/C21H20ClN3O2/c22-18-7-1-5-16(13-18)15-24-12-4-11-23-10-3-9-20(23)21(24)17-6-2-8-19(14-17)25(26)27/h1-3,5-10,13-14,21H,4,11-12,15H2. The SMILES string of the molecule is O=[N+]([O-])c1cccc(C2c3cccn3CCCN2Cc2cccc(Cl)c2)c1. The van der Waals surface area contributed by atoms with Crippen LogP contribution in [-0.2, 0) is 13.1 Å². The summed E-state index contributed by atoms with van der Waals surface area (Å²) in [5.41, 5.74) is 3.36. The number of hydrogen-bond acceptors (Lipinski definition) is 3. The predicted molar refractivity (Wildman–Crippen MR) is 106 cm³/mol. The van der Waals surface area contributed by atoms with E-state index >= 15 is 0 Å². The number of non-ortho nitro benzene ring substituents is 1. The lowest BCUT2D eigenvalue weighted by atomic mass is 10.0. The van der Waals surface area contributed by atoms with Crippen molar-refractivity contribution < 1.29 is 4.92 Å². The molecule has 0 bridgehead atoms. The highest BCUT2D eigenvalue weighted by atomic mass is 35.5. The summed E-state index contributed by atoms with van der Waals surface area (Å²) in [7, 11) is 0. The zero-order chi connectivity index (χ0) is 18.8. The van der Waals surface area contributed by atoms with Crippen LogP contribution in [0.3, 0.4) is 0 Å². The Balaban J connectivity index is 1.77. The van der Waals surface area contributed by atoms with Gasteiger partial charge in [-0.1, -0.05) is 35.9 Å². The van der Waals surface area contributed by atoms with Crippen molar-refractivity contribution in [3.05, 3.63) is 98.8 Å². The van der Waals surface area contributed by atoms with Crippen LogP contribution in [0.1, 0.15) is 29.3 Å². The monoisotopic (exact) mass is 381 g/mol. The molecule has 0 spiro atoms. The van der Waals surface area contributed by atoms with E-state index < -0.39 is 0 Å². The normalized spacial score (nSPS) is 17.3. The molecule has 6 heteroatoms. The molecule has 1 unspecified atom stereocenters. The van der Waals surface area contributed by atoms with Crippen LogP contribution in [0, 0.1) is 10.1 Å². The van der Waals surface area contributed by atoms with E-state index in [4.69, 9.17) is 11.6 Å². The molecule has 2 heterocycles. The average Bonchev–Trinajstić information content (AvgIpc) is 3.03. The molecule has 3 aromatic rings. The molecular weight excluding hydrogens is 362 g/mol. The molecule has 4 rings (SSSR count). The van der Waals surface area contributed by atoms with Gasteiger partial charge in [0.15, 0.2) is 0 Å². The van der Waals surface area contributed by atoms with E-state index in [2.05, 4.69) is 27.8 Å². The van der Waals surface area contributed by atoms with Crippen LogP contribution >= 0.6 is 11.6 Å². The minimum Gasteiger partial charge on any atom is -0.350 e. The number of aryl methyl sites for hydroxylation is 1. The Morgan fingerprint density at radius 1 is 1.07 bits per heavy atom. The predicted octanol–water partition coefficient (Wildman–Crippen LogP) is 5.05. The summed E-state index contributed by atoms with van der Waals surface area (Å²) >= 11 is 6.17. The molecule has 27 heavy (non-hydrogen) atoms. The largest absolute Gasteiger partial charge is 0.350 e. The third kappa shape index (κ3) is 3.75. The zero-order valence-corrected chi connectivity index (χ0v) is 15.5. The van der Waals surface area contributed by atoms with Crippen molar-refractivity contribution >= 4 is 17.3 Å². The van der Waals surface area contributed by atoms with Crippen LogP contribution in [-0.4, -0.2) is 20.9 Å². The first kappa shape index (κ1) is 17.8. The Labute approximate surface area is 162 Å². The lowest BCUT2D eigenvalue weighted by molar-refractivity contribution is -0.384. The molecule has 1 aromatic heterocycles. The second-order valence-electron chi connectivity index (χ2n) is 6.84.